The number of nitrogens with zero attached hydrogens (tertiary/aromatic N) is 1. The van der Waals surface area contributed by atoms with E-state index in [0.717, 1.165) is 39.1 Å². The second kappa shape index (κ2) is 6.86. The van der Waals surface area contributed by atoms with E-state index >= 15 is 0 Å². The van der Waals surface area contributed by atoms with Gasteiger partial charge in [-0.3, -0.25) is 4.79 Å². The fraction of sp³-hybridized carbons (Fsp3) is 0.917. The van der Waals surface area contributed by atoms with E-state index in [2.05, 4.69) is 4.90 Å². The van der Waals surface area contributed by atoms with Crippen LogP contribution in [-0.2, 0) is 14.3 Å². The van der Waals surface area contributed by atoms with Gasteiger partial charge in [-0.05, 0) is 33.2 Å². The molecule has 0 aliphatic carbocycles. The number of likely N-dealkylation sites (tertiary alicyclic amines) is 1. The molecule has 4 nitrogen and oxygen atoms in total. The summed E-state index contributed by atoms with van der Waals surface area (Å²) in [5.41, 5.74) is 0. The Morgan fingerprint density at radius 1 is 1.50 bits per heavy atom. The normalized spacial score (nSPS) is 22.4. The van der Waals surface area contributed by atoms with Crippen LogP contribution < -0.4 is 0 Å². The van der Waals surface area contributed by atoms with E-state index in [0.29, 0.717) is 0 Å². The van der Waals surface area contributed by atoms with Crippen LogP contribution in [0.2, 0.25) is 0 Å². The lowest BCUT2D eigenvalue weighted by atomic mass is 9.98. The monoisotopic (exact) mass is 229 g/mol. The first-order valence-electron chi connectivity index (χ1n) is 6.05. The number of piperidine rings is 1. The molecule has 16 heavy (non-hydrogen) atoms. The molecular weight excluding hydrogens is 206 g/mol. The molecule has 0 radical (unpaired) electrons. The Labute approximate surface area is 97.9 Å². The molecule has 0 unspecified atom stereocenters. The van der Waals surface area contributed by atoms with Gasteiger partial charge in [-0.2, -0.15) is 0 Å². The van der Waals surface area contributed by atoms with Gasteiger partial charge < -0.3 is 14.4 Å². The maximum absolute atomic E-state index is 11.4. The summed E-state index contributed by atoms with van der Waals surface area (Å²) in [7, 11) is 1.46. The smallest absolute Gasteiger partial charge is 0.309 e. The van der Waals surface area contributed by atoms with Crippen molar-refractivity contribution in [2.45, 2.75) is 32.8 Å². The van der Waals surface area contributed by atoms with Crippen molar-refractivity contribution in [1.82, 2.24) is 4.90 Å². The Morgan fingerprint density at radius 2 is 2.25 bits per heavy atom. The first kappa shape index (κ1) is 13.5. The number of hydrogen-bond donors (Lipinski definition) is 0. The van der Waals surface area contributed by atoms with Crippen molar-refractivity contribution in [3.63, 3.8) is 0 Å². The Hall–Kier alpha value is -0.610. The van der Waals surface area contributed by atoms with Gasteiger partial charge in [-0.15, -0.1) is 0 Å². The molecule has 0 spiro atoms. The molecule has 0 aromatic rings. The zero-order valence-electron chi connectivity index (χ0n) is 10.6. The van der Waals surface area contributed by atoms with E-state index in [1.807, 2.05) is 13.8 Å². The minimum Gasteiger partial charge on any atom is -0.469 e. The maximum atomic E-state index is 11.4. The molecule has 0 aromatic carbocycles. The molecule has 1 saturated heterocycles. The van der Waals surface area contributed by atoms with Crippen molar-refractivity contribution in [1.29, 1.82) is 0 Å². The van der Waals surface area contributed by atoms with Crippen LogP contribution in [0.25, 0.3) is 0 Å². The molecule has 0 aromatic heterocycles. The first-order chi connectivity index (χ1) is 7.63. The third kappa shape index (κ3) is 4.49. The van der Waals surface area contributed by atoms with E-state index in [-0.39, 0.29) is 18.0 Å². The van der Waals surface area contributed by atoms with Gasteiger partial charge in [0.05, 0.1) is 25.7 Å². The van der Waals surface area contributed by atoms with Crippen molar-refractivity contribution in [3.8, 4) is 0 Å². The number of rotatable bonds is 5. The van der Waals surface area contributed by atoms with E-state index in [4.69, 9.17) is 9.47 Å². The molecule has 0 saturated carbocycles. The molecule has 4 heteroatoms. The quantitative estimate of drug-likeness (QED) is 0.666. The minimum absolute atomic E-state index is 0.0535. The van der Waals surface area contributed by atoms with Gasteiger partial charge in [-0.1, -0.05) is 0 Å². The van der Waals surface area contributed by atoms with Crippen molar-refractivity contribution in [2.75, 3.05) is 33.4 Å². The van der Waals surface area contributed by atoms with Gasteiger partial charge in [-0.25, -0.2) is 0 Å². The van der Waals surface area contributed by atoms with Crippen molar-refractivity contribution >= 4 is 5.97 Å². The standard InChI is InChI=1S/C12H23NO3/c1-10(2)16-8-7-13-6-4-5-11(9-13)12(14)15-3/h10-11H,4-9H2,1-3H3/t11-/m0/s1. The topological polar surface area (TPSA) is 38.8 Å². The van der Waals surface area contributed by atoms with Crippen LogP contribution in [0.5, 0.6) is 0 Å². The number of carbonyl (C=O) groups is 1. The summed E-state index contributed by atoms with van der Waals surface area (Å²) >= 11 is 0. The number of esters is 1. The van der Waals surface area contributed by atoms with Gasteiger partial charge in [0.25, 0.3) is 0 Å². The average molecular weight is 229 g/mol. The second-order valence-electron chi connectivity index (χ2n) is 4.58. The van der Waals surface area contributed by atoms with E-state index in [1.54, 1.807) is 0 Å². The van der Waals surface area contributed by atoms with Gasteiger partial charge >= 0.3 is 5.97 Å². The Morgan fingerprint density at radius 3 is 2.88 bits per heavy atom. The molecule has 1 aliphatic heterocycles. The lowest BCUT2D eigenvalue weighted by Crippen LogP contribution is -2.40. The predicted molar refractivity (Wildman–Crippen MR) is 62.3 cm³/mol. The van der Waals surface area contributed by atoms with Crippen molar-refractivity contribution < 1.29 is 14.3 Å². The van der Waals surface area contributed by atoms with Crippen LogP contribution in [0.3, 0.4) is 0 Å². The van der Waals surface area contributed by atoms with Crippen LogP contribution in [0, 0.1) is 5.92 Å². The average Bonchev–Trinajstić information content (AvgIpc) is 2.28. The zero-order chi connectivity index (χ0) is 12.0. The molecule has 0 N–H and O–H groups in total. The molecule has 1 atom stereocenters. The van der Waals surface area contributed by atoms with Crippen molar-refractivity contribution in [3.05, 3.63) is 0 Å². The third-order valence-electron chi connectivity index (χ3n) is 2.90. The molecule has 0 amide bonds. The first-order valence-corrected chi connectivity index (χ1v) is 6.05. The Kier molecular flexibility index (Phi) is 5.77. The highest BCUT2D eigenvalue weighted by molar-refractivity contribution is 5.72. The summed E-state index contributed by atoms with van der Waals surface area (Å²) in [6.07, 6.45) is 2.30. The van der Waals surface area contributed by atoms with Crippen LogP contribution in [-0.4, -0.2) is 50.3 Å². The summed E-state index contributed by atoms with van der Waals surface area (Å²) in [5, 5.41) is 0. The molecule has 94 valence electrons. The minimum atomic E-state index is -0.0746. The zero-order valence-corrected chi connectivity index (χ0v) is 10.6. The number of ether oxygens (including phenoxy) is 2. The molecule has 1 heterocycles. The van der Waals surface area contributed by atoms with Crippen LogP contribution in [0.15, 0.2) is 0 Å². The van der Waals surface area contributed by atoms with E-state index in [9.17, 15) is 4.79 Å². The SMILES string of the molecule is COC(=O)[C@H]1CCCN(CCOC(C)C)C1. The van der Waals surface area contributed by atoms with Crippen LogP contribution in [0.4, 0.5) is 0 Å². The van der Waals surface area contributed by atoms with Gasteiger partial charge in [0.1, 0.15) is 0 Å². The summed E-state index contributed by atoms with van der Waals surface area (Å²) in [4.78, 5) is 13.7. The number of hydrogen-bond acceptors (Lipinski definition) is 4. The number of methoxy groups -OCH3 is 1. The third-order valence-corrected chi connectivity index (χ3v) is 2.90. The van der Waals surface area contributed by atoms with Gasteiger partial charge in [0, 0.05) is 13.1 Å². The fourth-order valence-corrected chi connectivity index (χ4v) is 2.04. The maximum Gasteiger partial charge on any atom is 0.309 e. The number of carbonyl (C=O) groups excluding carboxylic acids is 1. The lowest BCUT2D eigenvalue weighted by Gasteiger charge is -2.31. The van der Waals surface area contributed by atoms with Crippen LogP contribution in [0.1, 0.15) is 26.7 Å². The summed E-state index contributed by atoms with van der Waals surface area (Å²) in [6.45, 7) is 7.60. The van der Waals surface area contributed by atoms with Crippen LogP contribution >= 0.6 is 0 Å². The summed E-state index contributed by atoms with van der Waals surface area (Å²) < 4.78 is 10.3. The van der Waals surface area contributed by atoms with Gasteiger partial charge in [0.15, 0.2) is 0 Å². The lowest BCUT2D eigenvalue weighted by molar-refractivity contribution is -0.147. The molecule has 1 aliphatic rings. The van der Waals surface area contributed by atoms with Gasteiger partial charge in [0.2, 0.25) is 0 Å². The predicted octanol–water partition coefficient (Wildman–Crippen LogP) is 1.30. The van der Waals surface area contributed by atoms with E-state index < -0.39 is 0 Å². The highest BCUT2D eigenvalue weighted by atomic mass is 16.5. The fourth-order valence-electron chi connectivity index (χ4n) is 2.04. The molecule has 1 fully saturated rings. The summed E-state index contributed by atoms with van der Waals surface area (Å²) in [6, 6.07) is 0. The Balaban J connectivity index is 2.25. The molecule has 1 rings (SSSR count). The van der Waals surface area contributed by atoms with Crippen molar-refractivity contribution in [2.24, 2.45) is 5.92 Å². The highest BCUT2D eigenvalue weighted by Crippen LogP contribution is 2.17. The highest BCUT2D eigenvalue weighted by Gasteiger charge is 2.25. The largest absolute Gasteiger partial charge is 0.469 e. The summed E-state index contributed by atoms with van der Waals surface area (Å²) in [5.74, 6) is -0.0210. The second-order valence-corrected chi connectivity index (χ2v) is 4.58. The Bertz CT molecular complexity index is 218. The van der Waals surface area contributed by atoms with E-state index in [1.165, 1.54) is 7.11 Å². The molecular formula is C12H23NO3. The molecule has 0 bridgehead atoms.